The Bertz CT molecular complexity index is 118. The van der Waals surface area contributed by atoms with Gasteiger partial charge in [-0.1, -0.05) is 0 Å². The Morgan fingerprint density at radius 3 is 1.50 bits per heavy atom. The van der Waals surface area contributed by atoms with E-state index in [1.807, 2.05) is 13.8 Å². The van der Waals surface area contributed by atoms with Gasteiger partial charge in [-0.2, -0.15) is 13.2 Å². The number of hydrogen-bond acceptors (Lipinski definition) is 2. The van der Waals surface area contributed by atoms with Gasteiger partial charge >= 0.3 is 6.18 Å². The molecule has 0 aliphatic rings. The summed E-state index contributed by atoms with van der Waals surface area (Å²) in [6.07, 6.45) is -4.64. The zero-order valence-electron chi connectivity index (χ0n) is 7.36. The maximum atomic E-state index is 10.8. The average Bonchev–Trinajstić information content (AvgIpc) is 1.88. The lowest BCUT2D eigenvalue weighted by Gasteiger charge is -1.95. The van der Waals surface area contributed by atoms with Crippen molar-refractivity contribution < 1.29 is 22.7 Å². The van der Waals surface area contributed by atoms with Gasteiger partial charge in [-0.05, 0) is 13.8 Å². The van der Waals surface area contributed by atoms with Crippen LogP contribution in [0.1, 0.15) is 20.8 Å². The van der Waals surface area contributed by atoms with E-state index in [0.29, 0.717) is 6.92 Å². The van der Waals surface area contributed by atoms with Gasteiger partial charge in [0.2, 0.25) is 5.78 Å². The van der Waals surface area contributed by atoms with Gasteiger partial charge in [0.05, 0.1) is 0 Å². The minimum absolute atomic E-state index is 0.486. The van der Waals surface area contributed by atoms with Crippen molar-refractivity contribution in [2.45, 2.75) is 26.9 Å². The highest BCUT2D eigenvalue weighted by Crippen LogP contribution is 2.14. The molecule has 0 saturated carbocycles. The molecule has 12 heavy (non-hydrogen) atoms. The Kier molecular flexibility index (Phi) is 8.26. The molecule has 0 bridgehead atoms. The first-order valence-electron chi connectivity index (χ1n) is 3.51. The number of carbonyl (C=O) groups is 1. The van der Waals surface area contributed by atoms with E-state index in [1.54, 1.807) is 0 Å². The molecule has 0 aliphatic heterocycles. The van der Waals surface area contributed by atoms with E-state index < -0.39 is 12.0 Å². The molecule has 0 saturated heterocycles. The predicted molar refractivity (Wildman–Crippen MR) is 38.9 cm³/mol. The largest absolute Gasteiger partial charge is 0.449 e. The fourth-order valence-corrected chi connectivity index (χ4v) is 0.204. The van der Waals surface area contributed by atoms with E-state index in [0.717, 1.165) is 13.2 Å². The third kappa shape index (κ3) is 12.1. The molecule has 2 nitrogen and oxygen atoms in total. The number of ketones is 1. The van der Waals surface area contributed by atoms with Crippen LogP contribution in [-0.2, 0) is 9.53 Å². The molecule has 0 spiro atoms. The monoisotopic (exact) mass is 186 g/mol. The van der Waals surface area contributed by atoms with Gasteiger partial charge in [0.1, 0.15) is 0 Å². The summed E-state index contributed by atoms with van der Waals surface area (Å²) >= 11 is 0. The summed E-state index contributed by atoms with van der Waals surface area (Å²) in [4.78, 5) is 9.34. The molecule has 0 aromatic rings. The van der Waals surface area contributed by atoms with Crippen LogP contribution in [0.2, 0.25) is 0 Å². The summed E-state index contributed by atoms with van der Waals surface area (Å²) in [5.74, 6) is -1.76. The molecule has 0 N–H and O–H groups in total. The van der Waals surface area contributed by atoms with E-state index in [1.165, 1.54) is 0 Å². The first-order chi connectivity index (χ1) is 5.36. The van der Waals surface area contributed by atoms with Gasteiger partial charge in [-0.3, -0.25) is 4.79 Å². The number of ether oxygens (including phenoxy) is 1. The summed E-state index contributed by atoms with van der Waals surface area (Å²) in [7, 11) is 0. The smallest absolute Gasteiger partial charge is 0.382 e. The van der Waals surface area contributed by atoms with Crippen molar-refractivity contribution in [1.29, 1.82) is 0 Å². The summed E-state index contributed by atoms with van der Waals surface area (Å²) < 4.78 is 37.3. The second-order valence-corrected chi connectivity index (χ2v) is 1.84. The molecule has 74 valence electrons. The molecule has 0 amide bonds. The van der Waals surface area contributed by atoms with Gasteiger partial charge in [-0.25, -0.2) is 0 Å². The summed E-state index contributed by atoms with van der Waals surface area (Å²) in [5, 5.41) is 0. The summed E-state index contributed by atoms with van der Waals surface area (Å²) in [5.41, 5.74) is 0. The van der Waals surface area contributed by atoms with Gasteiger partial charge < -0.3 is 4.74 Å². The van der Waals surface area contributed by atoms with E-state index in [9.17, 15) is 18.0 Å². The van der Waals surface area contributed by atoms with Crippen molar-refractivity contribution in [3.63, 3.8) is 0 Å². The molecule has 0 aliphatic carbocycles. The fraction of sp³-hybridized carbons (Fsp3) is 0.857. The maximum Gasteiger partial charge on any atom is 0.449 e. The topological polar surface area (TPSA) is 26.3 Å². The van der Waals surface area contributed by atoms with Crippen LogP contribution < -0.4 is 0 Å². The SMILES string of the molecule is CC(=O)C(F)(F)F.CCOCC. The number of hydrogen-bond donors (Lipinski definition) is 0. The van der Waals surface area contributed by atoms with E-state index in [2.05, 4.69) is 0 Å². The Morgan fingerprint density at radius 2 is 1.50 bits per heavy atom. The second-order valence-electron chi connectivity index (χ2n) is 1.84. The van der Waals surface area contributed by atoms with Crippen LogP contribution in [0.25, 0.3) is 0 Å². The third-order valence-corrected chi connectivity index (χ3v) is 0.807. The van der Waals surface area contributed by atoms with Crippen LogP contribution in [0, 0.1) is 0 Å². The predicted octanol–water partition coefficient (Wildman–Crippen LogP) is 2.18. The first kappa shape index (κ1) is 14.0. The third-order valence-electron chi connectivity index (χ3n) is 0.807. The minimum Gasteiger partial charge on any atom is -0.382 e. The zero-order valence-corrected chi connectivity index (χ0v) is 7.36. The summed E-state index contributed by atoms with van der Waals surface area (Å²) in [6, 6.07) is 0. The molecule has 0 aromatic heterocycles. The van der Waals surface area contributed by atoms with Gasteiger partial charge in [0, 0.05) is 20.1 Å². The quantitative estimate of drug-likeness (QED) is 0.660. The number of Topliss-reactive ketones (excluding diaryl/α,β-unsaturated/α-hetero) is 1. The van der Waals surface area contributed by atoms with Crippen LogP contribution in [0.5, 0.6) is 0 Å². The fourth-order valence-electron chi connectivity index (χ4n) is 0.204. The van der Waals surface area contributed by atoms with E-state index in [4.69, 9.17) is 4.74 Å². The van der Waals surface area contributed by atoms with Crippen molar-refractivity contribution in [1.82, 2.24) is 0 Å². The van der Waals surface area contributed by atoms with Gasteiger partial charge in [-0.15, -0.1) is 0 Å². The molecule has 5 heteroatoms. The lowest BCUT2D eigenvalue weighted by atomic mass is 10.5. The standard InChI is InChI=1S/C4H10O.C3H3F3O/c1-3-5-4-2;1-2(7)3(4,5)6/h3-4H2,1-2H3;1H3. The van der Waals surface area contributed by atoms with Crippen LogP contribution in [0.15, 0.2) is 0 Å². The molecule has 0 fully saturated rings. The number of halogens is 3. The van der Waals surface area contributed by atoms with Crippen molar-refractivity contribution in [2.24, 2.45) is 0 Å². The van der Waals surface area contributed by atoms with E-state index >= 15 is 0 Å². The molecule has 0 unspecified atom stereocenters. The summed E-state index contributed by atoms with van der Waals surface area (Å²) in [6.45, 7) is 6.15. The van der Waals surface area contributed by atoms with Crippen molar-refractivity contribution in [3.05, 3.63) is 0 Å². The van der Waals surface area contributed by atoms with Crippen molar-refractivity contribution in [2.75, 3.05) is 13.2 Å². The highest BCUT2D eigenvalue weighted by atomic mass is 19.4. The number of rotatable bonds is 2. The van der Waals surface area contributed by atoms with Crippen LogP contribution >= 0.6 is 0 Å². The molecule has 0 aromatic carbocycles. The average molecular weight is 186 g/mol. The first-order valence-corrected chi connectivity index (χ1v) is 3.51. The normalized spacial score (nSPS) is 10.2. The van der Waals surface area contributed by atoms with Crippen molar-refractivity contribution in [3.8, 4) is 0 Å². The van der Waals surface area contributed by atoms with E-state index in [-0.39, 0.29) is 0 Å². The Morgan fingerprint density at radius 1 is 1.25 bits per heavy atom. The van der Waals surface area contributed by atoms with Crippen LogP contribution in [-0.4, -0.2) is 25.2 Å². The molecule has 0 radical (unpaired) electrons. The van der Waals surface area contributed by atoms with Crippen LogP contribution in [0.3, 0.4) is 0 Å². The number of carbonyl (C=O) groups excluding carboxylic acids is 1. The molecular formula is C7H13F3O2. The lowest BCUT2D eigenvalue weighted by Crippen LogP contribution is -2.18. The molecule has 0 atom stereocenters. The minimum atomic E-state index is -4.64. The van der Waals surface area contributed by atoms with Crippen LogP contribution in [0.4, 0.5) is 13.2 Å². The zero-order chi connectivity index (χ0) is 10.2. The van der Waals surface area contributed by atoms with Gasteiger partial charge in [0.15, 0.2) is 0 Å². The highest BCUT2D eigenvalue weighted by molar-refractivity contribution is 5.81. The Hall–Kier alpha value is -0.580. The highest BCUT2D eigenvalue weighted by Gasteiger charge is 2.33. The van der Waals surface area contributed by atoms with Crippen molar-refractivity contribution >= 4 is 5.78 Å². The molecular weight excluding hydrogens is 173 g/mol. The Labute approximate surface area is 69.7 Å². The Balaban J connectivity index is 0. The number of alkyl halides is 3. The maximum absolute atomic E-state index is 10.8. The lowest BCUT2D eigenvalue weighted by molar-refractivity contribution is -0.168. The molecule has 0 rings (SSSR count). The second kappa shape index (κ2) is 7.09. The van der Waals surface area contributed by atoms with Gasteiger partial charge in [0.25, 0.3) is 0 Å². The molecule has 0 heterocycles.